The van der Waals surface area contributed by atoms with E-state index in [0.29, 0.717) is 35.2 Å². The number of ether oxygens (including phenoxy) is 2. The Kier molecular flexibility index (Phi) is 7.53. The smallest absolute Gasteiger partial charge is 0.267 e. The van der Waals surface area contributed by atoms with Gasteiger partial charge in [-0.3, -0.25) is 4.79 Å². The van der Waals surface area contributed by atoms with E-state index in [2.05, 4.69) is 10.6 Å². The van der Waals surface area contributed by atoms with Crippen molar-refractivity contribution in [2.45, 2.75) is 6.42 Å². The van der Waals surface area contributed by atoms with Crippen molar-refractivity contribution in [2.75, 3.05) is 26.1 Å². The molecule has 0 fully saturated rings. The van der Waals surface area contributed by atoms with Gasteiger partial charge in [0, 0.05) is 23.8 Å². The van der Waals surface area contributed by atoms with Crippen LogP contribution in [-0.2, 0) is 11.2 Å². The summed E-state index contributed by atoms with van der Waals surface area (Å²) in [4.78, 5) is 12.4. The zero-order chi connectivity index (χ0) is 19.6. The molecule has 6 nitrogen and oxygen atoms in total. The van der Waals surface area contributed by atoms with Gasteiger partial charge in [0.15, 0.2) is 0 Å². The fraction of sp³-hybridized carbons (Fsp3) is 0.200. The van der Waals surface area contributed by atoms with Gasteiger partial charge < -0.3 is 20.1 Å². The van der Waals surface area contributed by atoms with Gasteiger partial charge in [0.1, 0.15) is 23.1 Å². The summed E-state index contributed by atoms with van der Waals surface area (Å²) in [6.07, 6.45) is 2.05. The van der Waals surface area contributed by atoms with Crippen LogP contribution in [0.1, 0.15) is 5.56 Å². The fourth-order valence-electron chi connectivity index (χ4n) is 2.33. The minimum Gasteiger partial charge on any atom is -0.497 e. The summed E-state index contributed by atoms with van der Waals surface area (Å²) in [5.41, 5.74) is 1.35. The molecule has 0 aliphatic rings. The van der Waals surface area contributed by atoms with E-state index in [1.165, 1.54) is 20.4 Å². The first-order valence-electron chi connectivity index (χ1n) is 8.19. The molecular weight excluding hydrogens is 366 g/mol. The zero-order valence-corrected chi connectivity index (χ0v) is 15.8. The van der Waals surface area contributed by atoms with E-state index < -0.39 is 5.91 Å². The van der Waals surface area contributed by atoms with Gasteiger partial charge in [0.05, 0.1) is 19.9 Å². The van der Waals surface area contributed by atoms with Gasteiger partial charge in [-0.1, -0.05) is 29.8 Å². The Morgan fingerprint density at radius 1 is 1.22 bits per heavy atom. The maximum Gasteiger partial charge on any atom is 0.267 e. The minimum absolute atomic E-state index is 0.0565. The summed E-state index contributed by atoms with van der Waals surface area (Å²) >= 11 is 6.11. The molecule has 0 aliphatic carbocycles. The highest BCUT2D eigenvalue weighted by molar-refractivity contribution is 6.31. The Labute approximate surface area is 163 Å². The lowest BCUT2D eigenvalue weighted by atomic mass is 10.1. The normalized spacial score (nSPS) is 10.7. The Bertz CT molecular complexity index is 875. The minimum atomic E-state index is -0.547. The number of hydrogen-bond acceptors (Lipinski definition) is 5. The van der Waals surface area contributed by atoms with Crippen LogP contribution in [-0.4, -0.2) is 26.7 Å². The number of halogens is 1. The maximum absolute atomic E-state index is 12.4. The summed E-state index contributed by atoms with van der Waals surface area (Å²) in [5, 5.41) is 15.6. The van der Waals surface area contributed by atoms with Crippen molar-refractivity contribution in [1.82, 2.24) is 5.32 Å². The monoisotopic (exact) mass is 385 g/mol. The highest BCUT2D eigenvalue weighted by atomic mass is 35.5. The average molecular weight is 386 g/mol. The molecule has 27 heavy (non-hydrogen) atoms. The number of anilines is 1. The van der Waals surface area contributed by atoms with Crippen LogP contribution in [0.25, 0.3) is 0 Å². The van der Waals surface area contributed by atoms with Gasteiger partial charge in [0.2, 0.25) is 0 Å². The molecular formula is C20H20ClN3O3. The zero-order valence-electron chi connectivity index (χ0n) is 15.1. The molecule has 0 spiro atoms. The molecule has 1 amide bonds. The van der Waals surface area contributed by atoms with Crippen LogP contribution in [0.3, 0.4) is 0 Å². The van der Waals surface area contributed by atoms with Gasteiger partial charge in [-0.05, 0) is 30.2 Å². The van der Waals surface area contributed by atoms with Crippen LogP contribution in [0.5, 0.6) is 11.5 Å². The molecule has 2 aromatic carbocycles. The van der Waals surface area contributed by atoms with E-state index in [4.69, 9.17) is 21.1 Å². The summed E-state index contributed by atoms with van der Waals surface area (Å²) < 4.78 is 10.4. The molecule has 0 saturated heterocycles. The molecule has 0 atom stereocenters. The van der Waals surface area contributed by atoms with Crippen LogP contribution >= 0.6 is 11.6 Å². The second-order valence-corrected chi connectivity index (χ2v) is 5.89. The highest BCUT2D eigenvalue weighted by Crippen LogP contribution is 2.29. The summed E-state index contributed by atoms with van der Waals surface area (Å²) in [6, 6.07) is 14.4. The molecule has 0 saturated carbocycles. The quantitative estimate of drug-likeness (QED) is 0.412. The standard InChI is InChI=1S/C20H20ClN3O3/c1-26-16-7-8-19(27-2)18(11-16)24-20(25)15(12-22)13-23-10-9-14-5-3-4-6-17(14)21/h3-8,11,13,23H,9-10H2,1-2H3,(H,24,25)/b15-13-. The molecule has 7 heteroatoms. The predicted molar refractivity (Wildman–Crippen MR) is 105 cm³/mol. The number of nitrogens with one attached hydrogen (secondary N) is 2. The third-order valence-corrected chi connectivity index (χ3v) is 4.13. The van der Waals surface area contributed by atoms with Gasteiger partial charge >= 0.3 is 0 Å². The van der Waals surface area contributed by atoms with Crippen molar-refractivity contribution in [3.05, 3.63) is 64.8 Å². The van der Waals surface area contributed by atoms with Gasteiger partial charge in [-0.2, -0.15) is 5.26 Å². The topological polar surface area (TPSA) is 83.4 Å². The van der Waals surface area contributed by atoms with E-state index in [9.17, 15) is 10.1 Å². The number of methoxy groups -OCH3 is 2. The van der Waals surface area contributed by atoms with Gasteiger partial charge in [-0.25, -0.2) is 0 Å². The van der Waals surface area contributed by atoms with Crippen LogP contribution in [0.4, 0.5) is 5.69 Å². The predicted octanol–water partition coefficient (Wildman–Crippen LogP) is 3.54. The number of hydrogen-bond donors (Lipinski definition) is 2. The molecule has 0 heterocycles. The molecule has 0 radical (unpaired) electrons. The fourth-order valence-corrected chi connectivity index (χ4v) is 2.56. The van der Waals surface area contributed by atoms with Crippen molar-refractivity contribution in [2.24, 2.45) is 0 Å². The van der Waals surface area contributed by atoms with Crippen LogP contribution < -0.4 is 20.1 Å². The van der Waals surface area contributed by atoms with Crippen molar-refractivity contribution in [1.29, 1.82) is 5.26 Å². The van der Waals surface area contributed by atoms with Crippen LogP contribution in [0.2, 0.25) is 5.02 Å². The first kappa shape index (κ1) is 20.1. The van der Waals surface area contributed by atoms with E-state index in [1.54, 1.807) is 18.2 Å². The molecule has 2 rings (SSSR count). The number of carbonyl (C=O) groups excluding carboxylic acids is 1. The summed E-state index contributed by atoms with van der Waals surface area (Å²) in [5.74, 6) is 0.480. The molecule has 0 aliphatic heterocycles. The second-order valence-electron chi connectivity index (χ2n) is 5.49. The molecule has 2 aromatic rings. The first-order chi connectivity index (χ1) is 13.1. The lowest BCUT2D eigenvalue weighted by molar-refractivity contribution is -0.112. The van der Waals surface area contributed by atoms with Gasteiger partial charge in [0.25, 0.3) is 5.91 Å². The van der Waals surface area contributed by atoms with Crippen molar-refractivity contribution in [3.63, 3.8) is 0 Å². The highest BCUT2D eigenvalue weighted by Gasteiger charge is 2.13. The van der Waals surface area contributed by atoms with E-state index in [1.807, 2.05) is 30.3 Å². The van der Waals surface area contributed by atoms with Crippen LogP contribution in [0.15, 0.2) is 54.2 Å². The lowest BCUT2D eigenvalue weighted by Crippen LogP contribution is -2.18. The number of nitrogens with zero attached hydrogens (tertiary/aromatic N) is 1. The lowest BCUT2D eigenvalue weighted by Gasteiger charge is -2.11. The van der Waals surface area contributed by atoms with Crippen molar-refractivity contribution < 1.29 is 14.3 Å². The number of rotatable bonds is 8. The Morgan fingerprint density at radius 2 is 2.00 bits per heavy atom. The molecule has 140 valence electrons. The third-order valence-electron chi connectivity index (χ3n) is 3.76. The number of carbonyl (C=O) groups is 1. The third kappa shape index (κ3) is 5.66. The number of amides is 1. The Balaban J connectivity index is 2.00. The summed E-state index contributed by atoms with van der Waals surface area (Å²) in [6.45, 7) is 0.532. The Hall–Kier alpha value is -3.17. The summed E-state index contributed by atoms with van der Waals surface area (Å²) in [7, 11) is 3.02. The number of nitriles is 1. The van der Waals surface area contributed by atoms with E-state index >= 15 is 0 Å². The number of benzene rings is 2. The van der Waals surface area contributed by atoms with Crippen molar-refractivity contribution in [3.8, 4) is 17.6 Å². The molecule has 0 unspecified atom stereocenters. The van der Waals surface area contributed by atoms with E-state index in [0.717, 1.165) is 5.56 Å². The maximum atomic E-state index is 12.4. The molecule has 0 bridgehead atoms. The SMILES string of the molecule is COc1ccc(OC)c(NC(=O)/C(C#N)=C\NCCc2ccccc2Cl)c1. The largest absolute Gasteiger partial charge is 0.497 e. The van der Waals surface area contributed by atoms with Crippen LogP contribution in [0, 0.1) is 11.3 Å². The van der Waals surface area contributed by atoms with Gasteiger partial charge in [-0.15, -0.1) is 0 Å². The Morgan fingerprint density at radius 3 is 2.67 bits per heavy atom. The first-order valence-corrected chi connectivity index (χ1v) is 8.57. The molecule has 2 N–H and O–H groups in total. The molecule has 0 aromatic heterocycles. The average Bonchev–Trinajstić information content (AvgIpc) is 2.69. The van der Waals surface area contributed by atoms with Crippen molar-refractivity contribution >= 4 is 23.2 Å². The second kappa shape index (κ2) is 10.1. The van der Waals surface area contributed by atoms with E-state index in [-0.39, 0.29) is 5.57 Å².